The van der Waals surface area contributed by atoms with Crippen molar-refractivity contribution < 1.29 is 13.7 Å². The lowest BCUT2D eigenvalue weighted by atomic mass is 9.63. The van der Waals surface area contributed by atoms with Gasteiger partial charge in [-0.25, -0.2) is 15.0 Å². The van der Waals surface area contributed by atoms with Gasteiger partial charge in [-0.15, -0.1) is 0 Å². The molecule has 0 saturated carbocycles. The molecule has 2 unspecified atom stereocenters. The van der Waals surface area contributed by atoms with Crippen molar-refractivity contribution in [3.05, 3.63) is 229 Å². The number of benzene rings is 9. The van der Waals surface area contributed by atoms with Gasteiger partial charge in [0.2, 0.25) is 0 Å². The minimum atomic E-state index is -3.48. The van der Waals surface area contributed by atoms with E-state index in [4.69, 9.17) is 24.1 Å². The van der Waals surface area contributed by atoms with E-state index in [1.165, 1.54) is 0 Å². The van der Waals surface area contributed by atoms with E-state index >= 15 is 4.57 Å². The summed E-state index contributed by atoms with van der Waals surface area (Å²) in [6.45, 7) is 0. The normalized spacial score (nSPS) is 17.2. The molecule has 0 N–H and O–H groups in total. The lowest BCUT2D eigenvalue weighted by molar-refractivity contribution is 0.435. The number of hydrogen-bond acceptors (Lipinski definition) is 6. The van der Waals surface area contributed by atoms with Gasteiger partial charge >= 0.3 is 0 Å². The maximum Gasteiger partial charge on any atom is 0.171 e. The van der Waals surface area contributed by atoms with Crippen LogP contribution in [0.3, 0.4) is 0 Å². The molecule has 1 spiro atoms. The fraction of sp³-hybridized carbons (Fsp3) is 0.0179. The van der Waals surface area contributed by atoms with Crippen LogP contribution in [0.2, 0.25) is 0 Å². The summed E-state index contributed by atoms with van der Waals surface area (Å²) in [5.74, 6) is 3.06. The van der Waals surface area contributed by atoms with Gasteiger partial charge in [-0.1, -0.05) is 170 Å². The van der Waals surface area contributed by atoms with Crippen LogP contribution in [0.15, 0.2) is 211 Å². The molecule has 0 bridgehead atoms. The zero-order valence-corrected chi connectivity index (χ0v) is 34.5. The van der Waals surface area contributed by atoms with Crippen LogP contribution in [0.4, 0.5) is 0 Å². The quantitative estimate of drug-likeness (QED) is 0.164. The summed E-state index contributed by atoms with van der Waals surface area (Å²) in [5, 5.41) is 6.52. The first-order valence-electron chi connectivity index (χ1n) is 21.0. The van der Waals surface area contributed by atoms with Gasteiger partial charge in [0.05, 0.1) is 5.41 Å². The largest absolute Gasteiger partial charge is 0.457 e. The molecule has 0 fully saturated rings. The first-order valence-corrected chi connectivity index (χ1v) is 22.7. The highest BCUT2D eigenvalue weighted by atomic mass is 31.2. The third-order valence-corrected chi connectivity index (χ3v) is 16.0. The molecule has 296 valence electrons. The van der Waals surface area contributed by atoms with E-state index in [0.717, 1.165) is 82.0 Å². The Kier molecular flexibility index (Phi) is 7.69. The smallest absolute Gasteiger partial charge is 0.171 e. The first kappa shape index (κ1) is 35.8. The van der Waals surface area contributed by atoms with Gasteiger partial charge in [0.25, 0.3) is 0 Å². The van der Waals surface area contributed by atoms with Crippen LogP contribution in [0.25, 0.3) is 66.9 Å². The average molecular weight is 828 g/mol. The van der Waals surface area contributed by atoms with Crippen molar-refractivity contribution >= 4 is 55.8 Å². The molecule has 0 radical (unpaired) electrons. The Morgan fingerprint density at radius 1 is 0.397 bits per heavy atom. The van der Waals surface area contributed by atoms with Gasteiger partial charge in [-0.05, 0) is 58.3 Å². The maximum atomic E-state index is 16.5. The number of para-hydroxylation sites is 2. The second-order valence-electron chi connectivity index (χ2n) is 16.2. The molecule has 13 rings (SSSR count). The molecule has 6 nitrogen and oxygen atoms in total. The van der Waals surface area contributed by atoms with Crippen molar-refractivity contribution in [2.75, 3.05) is 0 Å². The van der Waals surface area contributed by atoms with Crippen molar-refractivity contribution in [2.24, 2.45) is 0 Å². The number of hydrogen-bond donors (Lipinski definition) is 0. The summed E-state index contributed by atoms with van der Waals surface area (Å²) in [4.78, 5) is 15.3. The van der Waals surface area contributed by atoms with E-state index in [0.29, 0.717) is 34.6 Å². The van der Waals surface area contributed by atoms with Crippen LogP contribution in [0.1, 0.15) is 22.3 Å². The zero-order chi connectivity index (χ0) is 41.7. The molecule has 9 aromatic carbocycles. The molecule has 0 amide bonds. The summed E-state index contributed by atoms with van der Waals surface area (Å²) in [6, 6.07) is 69.7. The highest BCUT2D eigenvalue weighted by molar-refractivity contribution is 7.85. The molecule has 2 atom stereocenters. The minimum absolute atomic E-state index is 0.524. The summed E-state index contributed by atoms with van der Waals surface area (Å²) < 4.78 is 30.1. The van der Waals surface area contributed by atoms with Crippen LogP contribution in [-0.4, -0.2) is 15.0 Å². The molecule has 4 heterocycles. The number of fused-ring (bicyclic) bond motifs is 12. The number of ether oxygens (including phenoxy) is 1. The second-order valence-corrected chi connectivity index (χ2v) is 18.9. The number of aromatic nitrogens is 3. The zero-order valence-electron chi connectivity index (χ0n) is 33.6. The predicted octanol–water partition coefficient (Wildman–Crippen LogP) is 12.4. The molecular formula is C56H34N3O3P. The van der Waals surface area contributed by atoms with Crippen molar-refractivity contribution in [2.45, 2.75) is 5.41 Å². The molecular weight excluding hydrogens is 794 g/mol. The first-order chi connectivity index (χ1) is 31.1. The summed E-state index contributed by atoms with van der Waals surface area (Å²) in [6.07, 6.45) is 0. The topological polar surface area (TPSA) is 78.1 Å². The maximum absolute atomic E-state index is 16.5. The molecule has 0 saturated heterocycles. The van der Waals surface area contributed by atoms with E-state index in [-0.39, 0.29) is 0 Å². The Bertz CT molecular complexity index is 3720. The Hall–Kier alpha value is -7.92. The van der Waals surface area contributed by atoms with Gasteiger partial charge in [-0.3, -0.25) is 0 Å². The average Bonchev–Trinajstić information content (AvgIpc) is 3.72. The Morgan fingerprint density at radius 3 is 1.84 bits per heavy atom. The van der Waals surface area contributed by atoms with Crippen molar-refractivity contribution in [1.29, 1.82) is 0 Å². The molecule has 63 heavy (non-hydrogen) atoms. The van der Waals surface area contributed by atoms with Crippen LogP contribution in [-0.2, 0) is 9.98 Å². The fourth-order valence-electron chi connectivity index (χ4n) is 10.0. The predicted molar refractivity (Wildman–Crippen MR) is 252 cm³/mol. The Morgan fingerprint density at radius 2 is 1.02 bits per heavy atom. The SMILES string of the molecule is O=P1(c2ccccc2)c2ccccc2C2(c3ccccc3Oc3cc(-c4nc(-c5ccccc5)nc(-c5ccc6ccccc6c5)n4)ccc32)c2cc3c(cc21)oc1ccccc13. The van der Waals surface area contributed by atoms with E-state index < -0.39 is 12.6 Å². The van der Waals surface area contributed by atoms with Crippen molar-refractivity contribution in [1.82, 2.24) is 15.0 Å². The molecule has 7 heteroatoms. The van der Waals surface area contributed by atoms with Crippen LogP contribution < -0.4 is 20.7 Å². The van der Waals surface area contributed by atoms with Gasteiger partial charge in [-0.2, -0.15) is 0 Å². The van der Waals surface area contributed by atoms with E-state index in [9.17, 15) is 0 Å². The molecule has 0 aliphatic carbocycles. The second kappa shape index (κ2) is 13.5. The fourth-order valence-corrected chi connectivity index (χ4v) is 13.2. The van der Waals surface area contributed by atoms with Crippen LogP contribution >= 0.6 is 7.14 Å². The number of furan rings is 1. The summed E-state index contributed by atoms with van der Waals surface area (Å²) >= 11 is 0. The van der Waals surface area contributed by atoms with Crippen LogP contribution in [0, 0.1) is 0 Å². The minimum Gasteiger partial charge on any atom is -0.457 e. The van der Waals surface area contributed by atoms with Gasteiger partial charge < -0.3 is 13.7 Å². The molecule has 2 aliphatic rings. The van der Waals surface area contributed by atoms with Gasteiger partial charge in [0, 0.05) is 54.5 Å². The number of rotatable bonds is 4. The molecule has 2 aromatic heterocycles. The van der Waals surface area contributed by atoms with Gasteiger partial charge in [0.1, 0.15) is 22.7 Å². The lowest BCUT2D eigenvalue weighted by Gasteiger charge is -2.47. The highest BCUT2D eigenvalue weighted by Crippen LogP contribution is 2.62. The molecule has 11 aromatic rings. The number of nitrogens with zero attached hydrogens (tertiary/aromatic N) is 3. The van der Waals surface area contributed by atoms with Gasteiger partial charge in [0.15, 0.2) is 24.6 Å². The Balaban J connectivity index is 1.09. The summed E-state index contributed by atoms with van der Waals surface area (Å²) in [5.41, 5.74) is 6.89. The summed E-state index contributed by atoms with van der Waals surface area (Å²) in [7, 11) is -3.48. The van der Waals surface area contributed by atoms with Crippen LogP contribution in [0.5, 0.6) is 11.5 Å². The third kappa shape index (κ3) is 5.19. The standard InChI is InChI=1S/C56H34N3O3P/c60-63(40-19-5-2-6-20-40)51-26-14-11-23-45(51)56(46-33-42-41-21-9-12-24-47(41)61-49(42)34-52(46)63)43-22-10-13-25-48(43)62-50-32-39(29-30-44(50)56)55-58-53(36-16-3-1-4-17-36)57-54(59-55)38-28-27-35-15-7-8-18-37(35)31-38/h1-34H. The monoisotopic (exact) mass is 827 g/mol. The van der Waals surface area contributed by atoms with Crippen molar-refractivity contribution in [3.63, 3.8) is 0 Å². The van der Waals surface area contributed by atoms with Crippen molar-refractivity contribution in [3.8, 4) is 45.7 Å². The molecule has 2 aliphatic heterocycles. The van der Waals surface area contributed by atoms with E-state index in [1.807, 2.05) is 121 Å². The third-order valence-electron chi connectivity index (χ3n) is 12.8. The van der Waals surface area contributed by atoms with E-state index in [1.54, 1.807) is 0 Å². The van der Waals surface area contributed by atoms with E-state index in [2.05, 4.69) is 84.9 Å². The Labute approximate surface area is 362 Å². The highest BCUT2D eigenvalue weighted by Gasteiger charge is 2.55. The lowest BCUT2D eigenvalue weighted by Crippen LogP contribution is -2.47.